The molecule has 10 nitrogen and oxygen atoms in total. The van der Waals surface area contributed by atoms with Crippen molar-refractivity contribution in [2.45, 2.75) is 115 Å². The number of aryl methyl sites for hydroxylation is 1. The summed E-state index contributed by atoms with van der Waals surface area (Å²) in [6.45, 7) is 9.74. The predicted molar refractivity (Wildman–Crippen MR) is 196 cm³/mol. The fraction of sp³-hybridized carbons (Fsp3) is 0.615. The van der Waals surface area contributed by atoms with Crippen LogP contribution in [0.15, 0.2) is 36.7 Å². The van der Waals surface area contributed by atoms with Crippen molar-refractivity contribution in [2.75, 3.05) is 31.6 Å². The second-order valence-electron chi connectivity index (χ2n) is 15.2. The van der Waals surface area contributed by atoms with Crippen molar-refractivity contribution in [1.82, 2.24) is 19.9 Å². The molecular formula is C39H53N5O5S. The molecule has 2 saturated carbocycles. The Bertz CT molecular complexity index is 1620. The first-order chi connectivity index (χ1) is 24.0. The predicted octanol–water partition coefficient (Wildman–Crippen LogP) is 7.89. The van der Waals surface area contributed by atoms with Gasteiger partial charge in [-0.1, -0.05) is 13.8 Å². The molecule has 0 atom stereocenters. The number of rotatable bonds is 9. The monoisotopic (exact) mass is 703 g/mol. The van der Waals surface area contributed by atoms with E-state index in [0.717, 1.165) is 58.3 Å². The van der Waals surface area contributed by atoms with Crippen molar-refractivity contribution in [1.29, 1.82) is 0 Å². The number of amides is 2. The van der Waals surface area contributed by atoms with Crippen molar-refractivity contribution in [3.63, 3.8) is 0 Å². The zero-order valence-electron chi connectivity index (χ0n) is 30.3. The summed E-state index contributed by atoms with van der Waals surface area (Å²) in [6.07, 6.45) is 11.1. The number of thiazole rings is 1. The topological polar surface area (TPSA) is 118 Å². The number of hydrogen-bond acceptors (Lipinski definition) is 9. The number of anilines is 1. The Kier molecular flexibility index (Phi) is 11.4. The normalized spacial score (nSPS) is 23.8. The number of aromatic nitrogens is 3. The van der Waals surface area contributed by atoms with Gasteiger partial charge in [0.25, 0.3) is 0 Å². The first-order valence-electron chi connectivity index (χ1n) is 18.4. The molecule has 1 aliphatic heterocycles. The van der Waals surface area contributed by atoms with E-state index in [4.69, 9.17) is 19.4 Å². The van der Waals surface area contributed by atoms with Crippen molar-refractivity contribution >= 4 is 29.2 Å². The van der Waals surface area contributed by atoms with Crippen molar-refractivity contribution in [3.8, 4) is 16.2 Å². The van der Waals surface area contributed by atoms with Gasteiger partial charge in [-0.2, -0.15) is 0 Å². The maximum atomic E-state index is 14.4. The number of carbonyl (C=O) groups excluding carboxylic acids is 2. The number of pyridine rings is 2. The van der Waals surface area contributed by atoms with E-state index in [9.17, 15) is 14.7 Å². The zero-order valence-corrected chi connectivity index (χ0v) is 31.1. The van der Waals surface area contributed by atoms with Gasteiger partial charge in [0.2, 0.25) is 5.91 Å². The Morgan fingerprint density at radius 2 is 1.76 bits per heavy atom. The summed E-state index contributed by atoms with van der Waals surface area (Å²) >= 11 is 1.69. The molecule has 11 heteroatoms. The fourth-order valence-corrected chi connectivity index (χ4v) is 8.57. The van der Waals surface area contributed by atoms with Crippen LogP contribution in [0.2, 0.25) is 0 Å². The lowest BCUT2D eigenvalue weighted by Crippen LogP contribution is -2.46. The van der Waals surface area contributed by atoms with Gasteiger partial charge in [-0.05, 0) is 114 Å². The number of carbonyl (C=O) groups is 2. The number of aliphatic hydroxyl groups is 1. The highest BCUT2D eigenvalue weighted by Gasteiger charge is 2.36. The van der Waals surface area contributed by atoms with Crippen LogP contribution in [-0.4, -0.2) is 75.4 Å². The van der Waals surface area contributed by atoms with Crippen molar-refractivity contribution in [2.24, 2.45) is 11.8 Å². The molecule has 270 valence electrons. The minimum atomic E-state index is -0.723. The highest BCUT2D eigenvalue weighted by Crippen LogP contribution is 2.39. The van der Waals surface area contributed by atoms with Crippen LogP contribution in [0, 0.1) is 18.8 Å². The average Bonchev–Trinajstić information content (AvgIpc) is 3.62. The van der Waals surface area contributed by atoms with Crippen LogP contribution in [-0.2, 0) is 9.53 Å². The molecule has 3 aromatic rings. The maximum absolute atomic E-state index is 14.4. The van der Waals surface area contributed by atoms with Crippen LogP contribution in [0.25, 0.3) is 10.4 Å². The van der Waals surface area contributed by atoms with Crippen molar-refractivity contribution < 1.29 is 24.2 Å². The summed E-state index contributed by atoms with van der Waals surface area (Å²) in [5, 5.41) is 11.3. The molecule has 6 rings (SSSR count). The molecule has 0 unspecified atom stereocenters. The number of nitrogens with zero attached hydrogens (tertiary/aromatic N) is 5. The molecule has 4 heterocycles. The fourth-order valence-electron chi connectivity index (χ4n) is 7.65. The number of methoxy groups -OCH3 is 1. The molecule has 1 saturated heterocycles. The van der Waals surface area contributed by atoms with Crippen molar-refractivity contribution in [3.05, 3.63) is 53.1 Å². The summed E-state index contributed by atoms with van der Waals surface area (Å²) in [6, 6.07) is 8.16. The number of hydrogen-bond donors (Lipinski definition) is 1. The van der Waals surface area contributed by atoms with Gasteiger partial charge in [-0.25, -0.2) is 14.8 Å². The van der Waals surface area contributed by atoms with Crippen LogP contribution in [0.5, 0.6) is 5.75 Å². The Morgan fingerprint density at radius 1 is 1.04 bits per heavy atom. The van der Waals surface area contributed by atoms with Crippen LogP contribution < -0.4 is 9.64 Å². The Hall–Kier alpha value is -3.57. The third kappa shape index (κ3) is 8.65. The minimum absolute atomic E-state index is 0.111. The van der Waals surface area contributed by atoms with Gasteiger partial charge in [0.15, 0.2) is 0 Å². The van der Waals surface area contributed by atoms with E-state index >= 15 is 0 Å². The van der Waals surface area contributed by atoms with E-state index in [1.54, 1.807) is 23.3 Å². The van der Waals surface area contributed by atoms with Crippen LogP contribution in [0.3, 0.4) is 0 Å². The van der Waals surface area contributed by atoms with Crippen LogP contribution >= 0.6 is 11.3 Å². The molecule has 0 bridgehead atoms. The number of piperidine rings is 1. The molecule has 0 radical (unpaired) electrons. The molecular weight excluding hydrogens is 651 g/mol. The van der Waals surface area contributed by atoms with Gasteiger partial charge in [-0.3, -0.25) is 14.7 Å². The van der Waals surface area contributed by atoms with Gasteiger partial charge in [0.1, 0.15) is 17.7 Å². The minimum Gasteiger partial charge on any atom is -0.495 e. The van der Waals surface area contributed by atoms with Crippen LogP contribution in [0.4, 0.5) is 10.6 Å². The Balaban J connectivity index is 1.13. The highest BCUT2D eigenvalue weighted by atomic mass is 32.1. The molecule has 0 spiro atoms. The van der Waals surface area contributed by atoms with Gasteiger partial charge >= 0.3 is 6.09 Å². The summed E-state index contributed by atoms with van der Waals surface area (Å²) in [4.78, 5) is 46.3. The number of ether oxygens (including phenoxy) is 2. The lowest BCUT2D eigenvalue weighted by Gasteiger charge is -2.37. The maximum Gasteiger partial charge on any atom is 0.410 e. The molecule has 0 aromatic carbocycles. The van der Waals surface area contributed by atoms with Gasteiger partial charge < -0.3 is 19.5 Å². The van der Waals surface area contributed by atoms with E-state index in [1.807, 2.05) is 43.3 Å². The first-order valence-corrected chi connectivity index (χ1v) is 19.2. The quantitative estimate of drug-likeness (QED) is 0.239. The van der Waals surface area contributed by atoms with E-state index in [2.05, 4.69) is 31.0 Å². The second-order valence-corrected chi connectivity index (χ2v) is 16.2. The van der Waals surface area contributed by atoms with E-state index in [1.165, 1.54) is 0 Å². The standard InChI is InChI=1S/C39H53N5O5S/c1-25(2)36-41-23-34(50-36)30-16-19-40-35(22-30)44(24-27-6-8-28(9-7-27)32-14-15-33(48-5)26(3)42-32)37(45)29-10-12-31(13-11-29)49-38(46)43-20-17-39(4,47)18-21-43/h14-16,19,22-23,25,27-29,31,47H,6-13,17-18,20-21,24H2,1-5H3. The summed E-state index contributed by atoms with van der Waals surface area (Å²) < 4.78 is 11.3. The Labute approximate surface area is 300 Å². The van der Waals surface area contributed by atoms with E-state index in [0.29, 0.717) is 81.7 Å². The Morgan fingerprint density at radius 3 is 2.40 bits per heavy atom. The highest BCUT2D eigenvalue weighted by molar-refractivity contribution is 7.15. The van der Waals surface area contributed by atoms with Gasteiger partial charge in [0.05, 0.1) is 28.3 Å². The average molecular weight is 704 g/mol. The molecule has 1 N–H and O–H groups in total. The van der Waals surface area contributed by atoms with Gasteiger partial charge in [-0.15, -0.1) is 11.3 Å². The van der Waals surface area contributed by atoms with Gasteiger partial charge in [0, 0.05) is 55.5 Å². The third-order valence-electron chi connectivity index (χ3n) is 11.0. The summed E-state index contributed by atoms with van der Waals surface area (Å²) in [5.41, 5.74) is 2.34. The largest absolute Gasteiger partial charge is 0.495 e. The lowest BCUT2D eigenvalue weighted by atomic mass is 9.79. The molecule has 3 fully saturated rings. The molecule has 50 heavy (non-hydrogen) atoms. The molecule has 2 aliphatic carbocycles. The van der Waals surface area contributed by atoms with E-state index < -0.39 is 5.60 Å². The summed E-state index contributed by atoms with van der Waals surface area (Å²) in [5.74, 6) is 2.58. The first kappa shape index (κ1) is 36.2. The SMILES string of the molecule is COc1ccc(C2CCC(CN(C(=O)C3CCC(OC(=O)N4CCC(C)(O)CC4)CC3)c3cc(-c4cnc(C(C)C)s4)ccn3)CC2)nc1C. The lowest BCUT2D eigenvalue weighted by molar-refractivity contribution is -0.124. The molecule has 3 aromatic heterocycles. The van der Waals surface area contributed by atoms with E-state index in [-0.39, 0.29) is 24.0 Å². The molecule has 3 aliphatic rings. The zero-order chi connectivity index (χ0) is 35.4. The number of likely N-dealkylation sites (tertiary alicyclic amines) is 1. The second kappa shape index (κ2) is 15.8. The smallest absolute Gasteiger partial charge is 0.410 e. The summed E-state index contributed by atoms with van der Waals surface area (Å²) in [7, 11) is 1.68. The van der Waals surface area contributed by atoms with Crippen LogP contribution in [0.1, 0.15) is 113 Å². The third-order valence-corrected chi connectivity index (χ3v) is 12.3. The molecule has 2 amide bonds.